The number of carboxylic acid groups (broad SMARTS) is 1. The summed E-state index contributed by atoms with van der Waals surface area (Å²) in [5, 5.41) is 23.2. The summed E-state index contributed by atoms with van der Waals surface area (Å²) >= 11 is 0. The zero-order valence-corrected chi connectivity index (χ0v) is 27.1. The molecule has 0 fully saturated rings. The Bertz CT molecular complexity index is 1720. The lowest BCUT2D eigenvalue weighted by Gasteiger charge is -2.23. The number of aliphatic hydroxyl groups is 1. The molecular formula is C35H40N2O8S. The van der Waals surface area contributed by atoms with Crippen molar-refractivity contribution >= 4 is 21.7 Å². The number of sulfonamides is 1. The maximum Gasteiger partial charge on any atom is 0.341 e. The minimum absolute atomic E-state index is 0.249. The summed E-state index contributed by atoms with van der Waals surface area (Å²) in [6, 6.07) is 25.4. The highest BCUT2D eigenvalue weighted by Gasteiger charge is 2.19. The number of anilines is 1. The zero-order chi connectivity index (χ0) is 33.3. The predicted octanol–water partition coefficient (Wildman–Crippen LogP) is 5.47. The zero-order valence-electron chi connectivity index (χ0n) is 26.3. The van der Waals surface area contributed by atoms with Gasteiger partial charge in [0.05, 0.1) is 18.0 Å². The van der Waals surface area contributed by atoms with E-state index in [1.165, 1.54) is 0 Å². The molecule has 46 heavy (non-hydrogen) atoms. The second-order valence-electron chi connectivity index (χ2n) is 11.1. The summed E-state index contributed by atoms with van der Waals surface area (Å²) < 4.78 is 43.9. The summed E-state index contributed by atoms with van der Waals surface area (Å²) in [7, 11) is -3.59. The molecule has 0 aliphatic carbocycles. The first-order chi connectivity index (χ1) is 21.9. The van der Waals surface area contributed by atoms with E-state index in [0.29, 0.717) is 30.2 Å². The first kappa shape index (κ1) is 34.3. The van der Waals surface area contributed by atoms with Crippen LogP contribution in [-0.4, -0.2) is 56.7 Å². The van der Waals surface area contributed by atoms with Gasteiger partial charge in [0, 0.05) is 12.6 Å². The van der Waals surface area contributed by atoms with Crippen molar-refractivity contribution in [3.63, 3.8) is 0 Å². The van der Waals surface area contributed by atoms with Gasteiger partial charge in [-0.05, 0) is 90.6 Å². The molecule has 0 aliphatic heterocycles. The predicted molar refractivity (Wildman–Crippen MR) is 178 cm³/mol. The smallest absolute Gasteiger partial charge is 0.341 e. The summed E-state index contributed by atoms with van der Waals surface area (Å²) in [6.07, 6.45) is 0.136. The maximum absolute atomic E-state index is 12.1. The number of rotatable bonds is 16. The molecule has 4 aromatic rings. The summed E-state index contributed by atoms with van der Waals surface area (Å²) in [4.78, 5) is 10.8. The number of hydrogen-bond donors (Lipinski definition) is 4. The van der Waals surface area contributed by atoms with Crippen LogP contribution in [0, 0.1) is 13.8 Å². The van der Waals surface area contributed by atoms with Crippen LogP contribution in [-0.2, 0) is 21.4 Å². The third-order valence-electron chi connectivity index (χ3n) is 7.16. The second-order valence-corrected chi connectivity index (χ2v) is 12.8. The lowest BCUT2D eigenvalue weighted by molar-refractivity contribution is -0.139. The van der Waals surface area contributed by atoms with Gasteiger partial charge in [-0.2, -0.15) is 0 Å². The number of benzene rings is 4. The van der Waals surface area contributed by atoms with Crippen molar-refractivity contribution < 1.29 is 37.6 Å². The van der Waals surface area contributed by atoms with Crippen molar-refractivity contribution in [2.24, 2.45) is 0 Å². The van der Waals surface area contributed by atoms with Gasteiger partial charge in [-0.25, -0.2) is 13.2 Å². The van der Waals surface area contributed by atoms with E-state index in [1.54, 1.807) is 30.3 Å². The van der Waals surface area contributed by atoms with Crippen LogP contribution in [0.15, 0.2) is 84.9 Å². The number of nitrogens with one attached hydrogen (secondary N) is 2. The average Bonchev–Trinajstić information content (AvgIpc) is 3.01. The van der Waals surface area contributed by atoms with E-state index in [1.807, 2.05) is 75.4 Å². The highest BCUT2D eigenvalue weighted by Crippen LogP contribution is 2.33. The molecule has 0 aromatic heterocycles. The van der Waals surface area contributed by atoms with Crippen LogP contribution in [0.2, 0.25) is 0 Å². The molecule has 0 unspecified atom stereocenters. The van der Waals surface area contributed by atoms with Gasteiger partial charge in [0.1, 0.15) is 30.5 Å². The molecule has 2 atom stereocenters. The standard InChI is InChI=1S/C35H40N2O8S/c1-23-17-29(27-11-8-12-30(19-27)44-22-33(38)39)18-24(2)35(23)43-16-15-36-25(3)34(40)28-13-14-32(31(20-28)37-46(4,41)42)45-21-26-9-6-5-7-10-26/h5-14,17-20,25,34,36-37,40H,15-16,21-22H2,1-4H3,(H,38,39)/t25-,34+/m0/s1. The summed E-state index contributed by atoms with van der Waals surface area (Å²) in [6.45, 7) is 6.43. The lowest BCUT2D eigenvalue weighted by Crippen LogP contribution is -2.35. The Labute approximate surface area is 270 Å². The molecule has 0 aliphatic rings. The number of carboxylic acids is 1. The second kappa shape index (κ2) is 15.6. The van der Waals surface area contributed by atoms with Gasteiger partial charge >= 0.3 is 5.97 Å². The Morgan fingerprint density at radius 3 is 2.26 bits per heavy atom. The Morgan fingerprint density at radius 2 is 1.59 bits per heavy atom. The first-order valence-electron chi connectivity index (χ1n) is 14.8. The largest absolute Gasteiger partial charge is 0.492 e. The molecule has 11 heteroatoms. The molecule has 0 radical (unpaired) electrons. The molecule has 0 bridgehead atoms. The number of carbonyl (C=O) groups is 1. The van der Waals surface area contributed by atoms with Gasteiger partial charge < -0.3 is 29.7 Å². The maximum atomic E-state index is 12.1. The highest BCUT2D eigenvalue weighted by atomic mass is 32.2. The van der Waals surface area contributed by atoms with Crippen LogP contribution in [0.1, 0.15) is 35.3 Å². The van der Waals surface area contributed by atoms with Crippen LogP contribution in [0.4, 0.5) is 5.69 Å². The molecule has 0 spiro atoms. The molecule has 4 N–H and O–H groups in total. The average molecular weight is 649 g/mol. The number of aliphatic carboxylic acids is 1. The van der Waals surface area contributed by atoms with Crippen molar-refractivity contribution in [1.82, 2.24) is 5.32 Å². The molecule has 244 valence electrons. The van der Waals surface area contributed by atoms with Crippen molar-refractivity contribution in [3.8, 4) is 28.4 Å². The lowest BCUT2D eigenvalue weighted by atomic mass is 9.99. The van der Waals surface area contributed by atoms with Gasteiger partial charge in [-0.3, -0.25) is 4.72 Å². The normalized spacial score (nSPS) is 12.6. The molecule has 0 saturated carbocycles. The van der Waals surface area contributed by atoms with E-state index >= 15 is 0 Å². The molecule has 0 amide bonds. The third kappa shape index (κ3) is 9.96. The first-order valence-corrected chi connectivity index (χ1v) is 16.7. The van der Waals surface area contributed by atoms with Crippen LogP contribution in [0.25, 0.3) is 11.1 Å². The Balaban J connectivity index is 1.35. The quantitative estimate of drug-likeness (QED) is 0.116. The number of ether oxygens (including phenoxy) is 3. The fraction of sp³-hybridized carbons (Fsp3) is 0.286. The summed E-state index contributed by atoms with van der Waals surface area (Å²) in [5.41, 5.74) is 5.46. The number of aliphatic hydroxyl groups excluding tert-OH is 1. The van der Waals surface area contributed by atoms with Gasteiger partial charge in [0.2, 0.25) is 10.0 Å². The third-order valence-corrected chi connectivity index (χ3v) is 7.75. The minimum atomic E-state index is -3.59. The Hall–Kier alpha value is -4.58. The van der Waals surface area contributed by atoms with Crippen LogP contribution < -0.4 is 24.2 Å². The fourth-order valence-electron chi connectivity index (χ4n) is 4.97. The van der Waals surface area contributed by atoms with Crippen LogP contribution in [0.3, 0.4) is 0 Å². The van der Waals surface area contributed by atoms with E-state index in [-0.39, 0.29) is 18.3 Å². The topological polar surface area (TPSA) is 143 Å². The van der Waals surface area contributed by atoms with E-state index in [9.17, 15) is 18.3 Å². The minimum Gasteiger partial charge on any atom is -0.492 e. The molecule has 4 rings (SSSR count). The van der Waals surface area contributed by atoms with Gasteiger partial charge in [0.15, 0.2) is 6.61 Å². The van der Waals surface area contributed by atoms with Crippen molar-refractivity contribution in [2.45, 2.75) is 39.5 Å². The van der Waals surface area contributed by atoms with E-state index in [4.69, 9.17) is 19.3 Å². The number of aryl methyl sites for hydroxylation is 2. The molecular weight excluding hydrogens is 608 g/mol. The fourth-order valence-corrected chi connectivity index (χ4v) is 5.53. The SMILES string of the molecule is Cc1cc(-c2cccc(OCC(=O)O)c2)cc(C)c1OCCN[C@@H](C)[C@@H](O)c1ccc(OCc2ccccc2)c(NS(C)(=O)=O)c1. The van der Waals surface area contributed by atoms with Crippen molar-refractivity contribution in [2.75, 3.05) is 30.7 Å². The van der Waals surface area contributed by atoms with Crippen LogP contribution in [0.5, 0.6) is 17.2 Å². The van der Waals surface area contributed by atoms with Gasteiger partial charge in [-0.1, -0.05) is 48.5 Å². The van der Waals surface area contributed by atoms with Crippen molar-refractivity contribution in [3.05, 3.63) is 107 Å². The molecule has 10 nitrogen and oxygen atoms in total. The summed E-state index contributed by atoms with van der Waals surface area (Å²) in [5.74, 6) is 0.565. The van der Waals surface area contributed by atoms with E-state index in [0.717, 1.165) is 39.8 Å². The van der Waals surface area contributed by atoms with E-state index in [2.05, 4.69) is 10.0 Å². The highest BCUT2D eigenvalue weighted by molar-refractivity contribution is 7.92. The van der Waals surface area contributed by atoms with Crippen molar-refractivity contribution in [1.29, 1.82) is 0 Å². The van der Waals surface area contributed by atoms with E-state index < -0.39 is 28.7 Å². The monoisotopic (exact) mass is 648 g/mol. The Morgan fingerprint density at radius 1 is 0.870 bits per heavy atom. The molecule has 0 saturated heterocycles. The number of hydrogen-bond acceptors (Lipinski definition) is 8. The van der Waals surface area contributed by atoms with Crippen LogP contribution >= 0.6 is 0 Å². The molecule has 0 heterocycles. The van der Waals surface area contributed by atoms with Gasteiger partial charge in [0.25, 0.3) is 0 Å². The Kier molecular flexibility index (Phi) is 11.6. The molecule has 4 aromatic carbocycles. The van der Waals surface area contributed by atoms with Gasteiger partial charge in [-0.15, -0.1) is 0 Å².